The molecule has 1 saturated heterocycles. The molecule has 3 rings (SSSR count). The molecule has 1 unspecified atom stereocenters. The van der Waals surface area contributed by atoms with Crippen molar-refractivity contribution in [1.29, 1.82) is 0 Å². The summed E-state index contributed by atoms with van der Waals surface area (Å²) in [4.78, 5) is 11.7. The maximum Gasteiger partial charge on any atom is 0.339 e. The Hall–Kier alpha value is -1.55. The highest BCUT2D eigenvalue weighted by molar-refractivity contribution is 5.95. The fourth-order valence-electron chi connectivity index (χ4n) is 2.58. The largest absolute Gasteiger partial charge is 0.508 e. The van der Waals surface area contributed by atoms with E-state index in [-0.39, 0.29) is 11.7 Å². The van der Waals surface area contributed by atoms with Crippen molar-refractivity contribution in [2.45, 2.75) is 18.4 Å². The molecule has 0 radical (unpaired) electrons. The van der Waals surface area contributed by atoms with Crippen molar-refractivity contribution in [3.63, 3.8) is 0 Å². The highest BCUT2D eigenvalue weighted by Crippen LogP contribution is 2.41. The van der Waals surface area contributed by atoms with Crippen LogP contribution in [0.2, 0.25) is 0 Å². The minimum atomic E-state index is -0.502. The average molecular weight is 219 g/mol. The fraction of sp³-hybridized carbons (Fsp3) is 0.417. The van der Waals surface area contributed by atoms with Crippen molar-refractivity contribution >= 4 is 5.97 Å². The Bertz CT molecular complexity index is 450. The lowest BCUT2D eigenvalue weighted by Gasteiger charge is -2.33. The zero-order valence-electron chi connectivity index (χ0n) is 8.82. The lowest BCUT2D eigenvalue weighted by atomic mass is 9.86. The summed E-state index contributed by atoms with van der Waals surface area (Å²) in [7, 11) is 0. The molecule has 2 N–H and O–H groups in total. The first-order valence-electron chi connectivity index (χ1n) is 5.49. The van der Waals surface area contributed by atoms with Crippen LogP contribution in [-0.2, 0) is 10.3 Å². The van der Waals surface area contributed by atoms with Crippen LogP contribution >= 0.6 is 0 Å². The van der Waals surface area contributed by atoms with Crippen molar-refractivity contribution in [2.75, 3.05) is 13.1 Å². The van der Waals surface area contributed by atoms with Gasteiger partial charge in [0.2, 0.25) is 0 Å². The molecule has 16 heavy (non-hydrogen) atoms. The monoisotopic (exact) mass is 219 g/mol. The Kier molecular flexibility index (Phi) is 1.94. The van der Waals surface area contributed by atoms with E-state index in [1.54, 1.807) is 12.1 Å². The second-order valence-electron chi connectivity index (χ2n) is 4.39. The third-order valence-electron chi connectivity index (χ3n) is 3.35. The van der Waals surface area contributed by atoms with E-state index in [2.05, 4.69) is 5.32 Å². The molecule has 4 heteroatoms. The van der Waals surface area contributed by atoms with Gasteiger partial charge in [-0.15, -0.1) is 0 Å². The summed E-state index contributed by atoms with van der Waals surface area (Å²) in [5.74, 6) is -0.217. The number of piperidine rings is 1. The predicted molar refractivity (Wildman–Crippen MR) is 57.3 cm³/mol. The topological polar surface area (TPSA) is 58.6 Å². The molecular formula is C12H13NO3. The van der Waals surface area contributed by atoms with Gasteiger partial charge in [0.05, 0.1) is 5.56 Å². The lowest BCUT2D eigenvalue weighted by molar-refractivity contribution is -0.0203. The molecule has 84 valence electrons. The summed E-state index contributed by atoms with van der Waals surface area (Å²) in [6.45, 7) is 1.63. The van der Waals surface area contributed by atoms with Gasteiger partial charge in [0.25, 0.3) is 0 Å². The Balaban J connectivity index is 2.11. The number of hydrogen-bond donors (Lipinski definition) is 2. The average Bonchev–Trinajstić information content (AvgIpc) is 2.53. The molecule has 0 amide bonds. The van der Waals surface area contributed by atoms with Gasteiger partial charge in [-0.1, -0.05) is 6.07 Å². The van der Waals surface area contributed by atoms with Crippen LogP contribution in [0, 0.1) is 0 Å². The normalized spacial score (nSPS) is 27.9. The third-order valence-corrected chi connectivity index (χ3v) is 3.35. The molecule has 2 aliphatic rings. The summed E-state index contributed by atoms with van der Waals surface area (Å²) in [5, 5.41) is 12.6. The molecule has 0 aliphatic carbocycles. The molecule has 1 aromatic carbocycles. The van der Waals surface area contributed by atoms with E-state index < -0.39 is 5.60 Å². The number of hydrogen-bond acceptors (Lipinski definition) is 4. The van der Waals surface area contributed by atoms with Gasteiger partial charge in [-0.2, -0.15) is 0 Å². The Labute approximate surface area is 93.2 Å². The van der Waals surface area contributed by atoms with E-state index in [1.807, 2.05) is 0 Å². The quantitative estimate of drug-likeness (QED) is 0.642. The van der Waals surface area contributed by atoms with Gasteiger partial charge >= 0.3 is 5.97 Å². The van der Waals surface area contributed by atoms with Crippen molar-refractivity contribution in [3.8, 4) is 5.75 Å². The first kappa shape index (κ1) is 9.66. The first-order valence-corrected chi connectivity index (χ1v) is 5.49. The van der Waals surface area contributed by atoms with Gasteiger partial charge in [0.1, 0.15) is 5.75 Å². The molecule has 0 bridgehead atoms. The number of ether oxygens (including phenoxy) is 1. The highest BCUT2D eigenvalue weighted by Gasteiger charge is 2.46. The summed E-state index contributed by atoms with van der Waals surface area (Å²) in [6.07, 6.45) is 1.84. The van der Waals surface area contributed by atoms with Gasteiger partial charge in [0.15, 0.2) is 5.60 Å². The molecule has 0 aromatic heterocycles. The molecule has 1 aromatic rings. The number of phenolic OH excluding ortho intramolecular Hbond substituents is 1. The number of carbonyl (C=O) groups excluding carboxylic acids is 1. The number of benzene rings is 1. The molecule has 2 heterocycles. The number of esters is 1. The van der Waals surface area contributed by atoms with Gasteiger partial charge in [-0.25, -0.2) is 4.79 Å². The fourth-order valence-corrected chi connectivity index (χ4v) is 2.58. The zero-order chi connectivity index (χ0) is 11.2. The van der Waals surface area contributed by atoms with Crippen LogP contribution in [0.25, 0.3) is 0 Å². The Morgan fingerprint density at radius 2 is 2.31 bits per heavy atom. The van der Waals surface area contributed by atoms with E-state index in [0.717, 1.165) is 24.9 Å². The SMILES string of the molecule is O=C1OC2(CCCNC2)c2ccc(O)cc21. The maximum absolute atomic E-state index is 11.7. The summed E-state index contributed by atoms with van der Waals surface area (Å²) >= 11 is 0. The van der Waals surface area contributed by atoms with E-state index in [1.165, 1.54) is 6.07 Å². The second-order valence-corrected chi connectivity index (χ2v) is 4.39. The molecule has 2 aliphatic heterocycles. The number of aromatic hydroxyl groups is 1. The van der Waals surface area contributed by atoms with Crippen LogP contribution in [0.1, 0.15) is 28.8 Å². The molecule has 1 fully saturated rings. The maximum atomic E-state index is 11.7. The Morgan fingerprint density at radius 1 is 1.44 bits per heavy atom. The van der Waals surface area contributed by atoms with Gasteiger partial charge < -0.3 is 15.2 Å². The second kappa shape index (κ2) is 3.22. The third kappa shape index (κ3) is 1.23. The number of phenols is 1. The predicted octanol–water partition coefficient (Wildman–Crippen LogP) is 1.14. The van der Waals surface area contributed by atoms with Crippen LogP contribution in [0.5, 0.6) is 5.75 Å². The lowest BCUT2D eigenvalue weighted by Crippen LogP contribution is -2.43. The van der Waals surface area contributed by atoms with E-state index >= 15 is 0 Å². The number of nitrogens with one attached hydrogen (secondary N) is 1. The van der Waals surface area contributed by atoms with E-state index in [4.69, 9.17) is 4.74 Å². The summed E-state index contributed by atoms with van der Waals surface area (Å²) in [6, 6.07) is 4.89. The smallest absolute Gasteiger partial charge is 0.339 e. The standard InChI is InChI=1S/C12H13NO3/c14-8-2-3-10-9(6-8)11(15)16-12(10)4-1-5-13-7-12/h2-3,6,13-14H,1,4-5,7H2. The van der Waals surface area contributed by atoms with Crippen LogP contribution in [0.3, 0.4) is 0 Å². The van der Waals surface area contributed by atoms with E-state index in [0.29, 0.717) is 12.1 Å². The van der Waals surface area contributed by atoms with E-state index in [9.17, 15) is 9.90 Å². The van der Waals surface area contributed by atoms with Crippen molar-refractivity contribution in [1.82, 2.24) is 5.32 Å². The van der Waals surface area contributed by atoms with Crippen molar-refractivity contribution in [2.24, 2.45) is 0 Å². The molecule has 4 nitrogen and oxygen atoms in total. The minimum Gasteiger partial charge on any atom is -0.508 e. The van der Waals surface area contributed by atoms with Gasteiger partial charge in [-0.05, 0) is 31.5 Å². The number of carbonyl (C=O) groups is 1. The van der Waals surface area contributed by atoms with Crippen LogP contribution in [0.4, 0.5) is 0 Å². The molecular weight excluding hydrogens is 206 g/mol. The minimum absolute atomic E-state index is 0.108. The highest BCUT2D eigenvalue weighted by atomic mass is 16.6. The zero-order valence-corrected chi connectivity index (χ0v) is 8.82. The summed E-state index contributed by atoms with van der Waals surface area (Å²) in [5.41, 5.74) is 0.907. The van der Waals surface area contributed by atoms with Crippen LogP contribution < -0.4 is 5.32 Å². The summed E-state index contributed by atoms with van der Waals surface area (Å²) < 4.78 is 5.50. The molecule has 0 saturated carbocycles. The number of fused-ring (bicyclic) bond motifs is 2. The van der Waals surface area contributed by atoms with Gasteiger partial charge in [-0.3, -0.25) is 0 Å². The van der Waals surface area contributed by atoms with Crippen LogP contribution in [-0.4, -0.2) is 24.2 Å². The van der Waals surface area contributed by atoms with Crippen LogP contribution in [0.15, 0.2) is 18.2 Å². The first-order chi connectivity index (χ1) is 7.71. The molecule has 1 spiro atoms. The van der Waals surface area contributed by atoms with Crippen molar-refractivity contribution in [3.05, 3.63) is 29.3 Å². The molecule has 1 atom stereocenters. The van der Waals surface area contributed by atoms with Gasteiger partial charge in [0, 0.05) is 12.1 Å². The van der Waals surface area contributed by atoms with Crippen molar-refractivity contribution < 1.29 is 14.6 Å². The number of rotatable bonds is 0. The Morgan fingerprint density at radius 3 is 3.06 bits per heavy atom.